The van der Waals surface area contributed by atoms with Gasteiger partial charge in [-0.3, -0.25) is 9.59 Å². The molecule has 0 bridgehead atoms. The van der Waals surface area contributed by atoms with Crippen molar-refractivity contribution in [2.75, 3.05) is 0 Å². The van der Waals surface area contributed by atoms with Crippen LogP contribution in [0.2, 0.25) is 0 Å². The van der Waals surface area contributed by atoms with Gasteiger partial charge in [-0.15, -0.1) is 0 Å². The van der Waals surface area contributed by atoms with Gasteiger partial charge in [0.25, 0.3) is 5.91 Å². The zero-order valence-corrected chi connectivity index (χ0v) is 14.4. The number of benzene rings is 2. The van der Waals surface area contributed by atoms with E-state index in [4.69, 9.17) is 4.74 Å². The van der Waals surface area contributed by atoms with E-state index in [0.717, 1.165) is 11.1 Å². The van der Waals surface area contributed by atoms with Crippen LogP contribution in [0, 0.1) is 5.82 Å². The minimum absolute atomic E-state index is 0.0168. The summed E-state index contributed by atoms with van der Waals surface area (Å²) in [5, 5.41) is 2.67. The first-order chi connectivity index (χ1) is 12.0. The molecule has 0 aromatic heterocycles. The van der Waals surface area contributed by atoms with Gasteiger partial charge in [0.1, 0.15) is 5.82 Å². The van der Waals surface area contributed by atoms with Gasteiger partial charge in [0.05, 0.1) is 6.42 Å². The molecule has 0 saturated heterocycles. The van der Waals surface area contributed by atoms with Crippen LogP contribution in [0.3, 0.4) is 0 Å². The number of carbonyl (C=O) groups is 2. The largest absolute Gasteiger partial charge is 0.453 e. The van der Waals surface area contributed by atoms with Gasteiger partial charge in [0.2, 0.25) is 0 Å². The molecular weight excluding hydrogens is 321 g/mol. The Labute approximate surface area is 147 Å². The van der Waals surface area contributed by atoms with Crippen LogP contribution < -0.4 is 5.32 Å². The predicted molar refractivity (Wildman–Crippen MR) is 93.3 cm³/mol. The van der Waals surface area contributed by atoms with Crippen molar-refractivity contribution in [3.8, 4) is 0 Å². The molecule has 0 aliphatic heterocycles. The summed E-state index contributed by atoms with van der Waals surface area (Å²) in [4.78, 5) is 24.0. The van der Waals surface area contributed by atoms with Gasteiger partial charge in [-0.2, -0.15) is 0 Å². The van der Waals surface area contributed by atoms with Crippen molar-refractivity contribution in [1.29, 1.82) is 0 Å². The minimum Gasteiger partial charge on any atom is -0.453 e. The first kappa shape index (κ1) is 18.6. The van der Waals surface area contributed by atoms with E-state index >= 15 is 0 Å². The Balaban J connectivity index is 1.77. The second-order valence-corrected chi connectivity index (χ2v) is 5.99. The van der Waals surface area contributed by atoms with Gasteiger partial charge in [-0.1, -0.05) is 49.4 Å². The molecule has 2 rings (SSSR count). The van der Waals surface area contributed by atoms with Crippen LogP contribution in [0.1, 0.15) is 37.3 Å². The summed E-state index contributed by atoms with van der Waals surface area (Å²) in [6.45, 7) is 3.72. The highest BCUT2D eigenvalue weighted by molar-refractivity contribution is 5.83. The molecule has 0 spiro atoms. The number of amides is 1. The molecule has 25 heavy (non-hydrogen) atoms. The number of halogens is 1. The van der Waals surface area contributed by atoms with Crippen molar-refractivity contribution in [2.45, 2.75) is 38.8 Å². The first-order valence-corrected chi connectivity index (χ1v) is 8.22. The average molecular weight is 343 g/mol. The molecule has 0 fully saturated rings. The maximum absolute atomic E-state index is 12.8. The predicted octanol–water partition coefficient (Wildman–Crippen LogP) is 3.57. The van der Waals surface area contributed by atoms with Crippen LogP contribution in [-0.4, -0.2) is 18.0 Å². The summed E-state index contributed by atoms with van der Waals surface area (Å²) in [7, 11) is 0. The number of nitrogens with one attached hydrogen (secondary N) is 1. The lowest BCUT2D eigenvalue weighted by Gasteiger charge is -2.16. The number of rotatable bonds is 7. The quantitative estimate of drug-likeness (QED) is 0.782. The first-order valence-electron chi connectivity index (χ1n) is 8.22. The SMILES string of the molecule is C[C@H](OC(=O)C[C@H](C)c1ccccc1)C(=O)NCc1ccc(F)cc1. The highest BCUT2D eigenvalue weighted by Crippen LogP contribution is 2.19. The van der Waals surface area contributed by atoms with Crippen molar-refractivity contribution in [2.24, 2.45) is 0 Å². The third kappa shape index (κ3) is 6.03. The average Bonchev–Trinajstić information content (AvgIpc) is 2.61. The second kappa shape index (κ2) is 8.97. The van der Waals surface area contributed by atoms with Crippen molar-refractivity contribution in [3.05, 3.63) is 71.5 Å². The lowest BCUT2D eigenvalue weighted by Crippen LogP contribution is -2.35. The summed E-state index contributed by atoms with van der Waals surface area (Å²) in [5.41, 5.74) is 1.82. The van der Waals surface area contributed by atoms with E-state index < -0.39 is 12.1 Å². The minimum atomic E-state index is -0.879. The number of hydrogen-bond donors (Lipinski definition) is 1. The molecule has 1 amide bonds. The molecule has 0 heterocycles. The number of hydrogen-bond acceptors (Lipinski definition) is 3. The third-order valence-electron chi connectivity index (χ3n) is 3.90. The van der Waals surface area contributed by atoms with Crippen molar-refractivity contribution in [1.82, 2.24) is 5.32 Å². The summed E-state index contributed by atoms with van der Waals surface area (Å²) in [5.74, 6) is -1.11. The van der Waals surface area contributed by atoms with E-state index in [9.17, 15) is 14.0 Å². The Bertz CT molecular complexity index is 701. The Morgan fingerprint density at radius 3 is 2.32 bits per heavy atom. The zero-order chi connectivity index (χ0) is 18.2. The van der Waals surface area contributed by atoms with E-state index in [1.807, 2.05) is 37.3 Å². The Morgan fingerprint density at radius 1 is 1.04 bits per heavy atom. The molecule has 2 aromatic rings. The van der Waals surface area contributed by atoms with Crippen LogP contribution in [-0.2, 0) is 20.9 Å². The normalized spacial score (nSPS) is 12.9. The highest BCUT2D eigenvalue weighted by atomic mass is 19.1. The topological polar surface area (TPSA) is 55.4 Å². The van der Waals surface area contributed by atoms with Gasteiger partial charge >= 0.3 is 5.97 Å². The summed E-state index contributed by atoms with van der Waals surface area (Å²) in [6.07, 6.45) is -0.671. The summed E-state index contributed by atoms with van der Waals surface area (Å²) >= 11 is 0. The Kier molecular flexibility index (Phi) is 6.69. The molecule has 5 heteroatoms. The Hall–Kier alpha value is -2.69. The van der Waals surface area contributed by atoms with Crippen LogP contribution in [0.15, 0.2) is 54.6 Å². The molecule has 2 aromatic carbocycles. The lowest BCUT2D eigenvalue weighted by atomic mass is 9.98. The fraction of sp³-hybridized carbons (Fsp3) is 0.300. The van der Waals surface area contributed by atoms with Crippen LogP contribution in [0.5, 0.6) is 0 Å². The van der Waals surface area contributed by atoms with Crippen molar-refractivity contribution >= 4 is 11.9 Å². The Morgan fingerprint density at radius 2 is 1.68 bits per heavy atom. The number of ether oxygens (including phenoxy) is 1. The van der Waals surface area contributed by atoms with Crippen LogP contribution in [0.4, 0.5) is 4.39 Å². The van der Waals surface area contributed by atoms with Gasteiger partial charge in [0, 0.05) is 6.54 Å². The van der Waals surface area contributed by atoms with Gasteiger partial charge in [-0.25, -0.2) is 4.39 Å². The fourth-order valence-electron chi connectivity index (χ4n) is 2.38. The zero-order valence-electron chi connectivity index (χ0n) is 14.4. The smallest absolute Gasteiger partial charge is 0.307 e. The van der Waals surface area contributed by atoms with Gasteiger partial charge in [-0.05, 0) is 36.1 Å². The maximum atomic E-state index is 12.8. The van der Waals surface area contributed by atoms with E-state index in [1.54, 1.807) is 12.1 Å². The highest BCUT2D eigenvalue weighted by Gasteiger charge is 2.19. The summed E-state index contributed by atoms with van der Waals surface area (Å²) < 4.78 is 18.0. The fourth-order valence-corrected chi connectivity index (χ4v) is 2.38. The van der Waals surface area contributed by atoms with Crippen molar-refractivity contribution < 1.29 is 18.7 Å². The molecule has 4 nitrogen and oxygen atoms in total. The monoisotopic (exact) mass is 343 g/mol. The second-order valence-electron chi connectivity index (χ2n) is 5.99. The molecule has 0 aliphatic rings. The molecule has 0 unspecified atom stereocenters. The van der Waals surface area contributed by atoms with Crippen LogP contribution in [0.25, 0.3) is 0 Å². The molecule has 132 valence electrons. The number of carbonyl (C=O) groups excluding carboxylic acids is 2. The molecule has 0 aliphatic carbocycles. The van der Waals surface area contributed by atoms with Crippen molar-refractivity contribution in [3.63, 3.8) is 0 Å². The van der Waals surface area contributed by atoms with Crippen LogP contribution >= 0.6 is 0 Å². The maximum Gasteiger partial charge on any atom is 0.307 e. The molecule has 1 N–H and O–H groups in total. The summed E-state index contributed by atoms with van der Waals surface area (Å²) in [6, 6.07) is 15.5. The van der Waals surface area contributed by atoms with E-state index in [1.165, 1.54) is 19.1 Å². The van der Waals surface area contributed by atoms with E-state index in [-0.39, 0.29) is 30.6 Å². The lowest BCUT2D eigenvalue weighted by molar-refractivity contribution is -0.155. The van der Waals surface area contributed by atoms with Gasteiger partial charge < -0.3 is 10.1 Å². The molecule has 2 atom stereocenters. The standard InChI is InChI=1S/C20H22FNO3/c1-14(17-6-4-3-5-7-17)12-19(23)25-15(2)20(24)22-13-16-8-10-18(21)11-9-16/h3-11,14-15H,12-13H2,1-2H3,(H,22,24)/t14-,15-/m0/s1. The third-order valence-corrected chi connectivity index (χ3v) is 3.90. The molecular formula is C20H22FNO3. The molecule has 0 saturated carbocycles. The van der Waals surface area contributed by atoms with E-state index in [0.29, 0.717) is 0 Å². The molecule has 0 radical (unpaired) electrons. The van der Waals surface area contributed by atoms with E-state index in [2.05, 4.69) is 5.32 Å². The van der Waals surface area contributed by atoms with Gasteiger partial charge in [0.15, 0.2) is 6.10 Å². The number of esters is 1.